The highest BCUT2D eigenvalue weighted by atomic mass is 79.9. The molecule has 0 saturated heterocycles. The molecule has 0 aliphatic carbocycles. The molecule has 1 aromatic carbocycles. The molecular weight excluding hydrogens is 319 g/mol. The Labute approximate surface area is 117 Å². The van der Waals surface area contributed by atoms with Crippen LogP contribution in [0.3, 0.4) is 0 Å². The van der Waals surface area contributed by atoms with Crippen molar-refractivity contribution in [3.63, 3.8) is 0 Å². The van der Waals surface area contributed by atoms with Gasteiger partial charge in [-0.05, 0) is 18.6 Å². The average Bonchev–Trinajstić information content (AvgIpc) is 2.30. The van der Waals surface area contributed by atoms with Crippen molar-refractivity contribution in [1.82, 2.24) is 4.98 Å². The summed E-state index contributed by atoms with van der Waals surface area (Å²) >= 11 is 3.22. The molecule has 0 saturated carbocycles. The first-order valence-corrected chi connectivity index (χ1v) is 6.59. The van der Waals surface area contributed by atoms with Gasteiger partial charge in [0.15, 0.2) is 0 Å². The van der Waals surface area contributed by atoms with Gasteiger partial charge in [0.2, 0.25) is 0 Å². The third kappa shape index (κ3) is 3.35. The highest BCUT2D eigenvalue weighted by Gasteiger charge is 2.20. The first-order chi connectivity index (χ1) is 8.97. The second-order valence-electron chi connectivity index (χ2n) is 4.28. The molecule has 1 nitrogen and oxygen atoms in total. The normalized spacial score (nSPS) is 12.5. The number of pyridine rings is 1. The molecule has 0 bridgehead atoms. The van der Waals surface area contributed by atoms with E-state index in [0.717, 1.165) is 5.56 Å². The van der Waals surface area contributed by atoms with E-state index in [1.807, 2.05) is 13.0 Å². The lowest BCUT2D eigenvalue weighted by Crippen LogP contribution is -2.04. The minimum atomic E-state index is -0.924. The number of rotatable bonds is 3. The Bertz CT molecular complexity index is 561. The van der Waals surface area contributed by atoms with Gasteiger partial charge in [0.05, 0.1) is 4.83 Å². The Morgan fingerprint density at radius 3 is 2.32 bits per heavy atom. The van der Waals surface area contributed by atoms with Crippen LogP contribution in [0.2, 0.25) is 0 Å². The molecule has 5 heteroatoms. The summed E-state index contributed by atoms with van der Waals surface area (Å²) in [6, 6.07) is 5.02. The van der Waals surface area contributed by atoms with Crippen molar-refractivity contribution in [2.24, 2.45) is 0 Å². The van der Waals surface area contributed by atoms with Gasteiger partial charge in [-0.1, -0.05) is 22.0 Å². The van der Waals surface area contributed by atoms with Crippen LogP contribution in [0.25, 0.3) is 0 Å². The van der Waals surface area contributed by atoms with E-state index in [2.05, 4.69) is 20.9 Å². The number of halogens is 4. The monoisotopic (exact) mass is 329 g/mol. The zero-order valence-electron chi connectivity index (χ0n) is 10.1. The van der Waals surface area contributed by atoms with Gasteiger partial charge in [-0.25, -0.2) is 13.2 Å². The number of aryl methyl sites for hydroxylation is 1. The summed E-state index contributed by atoms with van der Waals surface area (Å²) < 4.78 is 40.0. The molecule has 1 heterocycles. The molecular formula is C14H11BrF3N. The van der Waals surface area contributed by atoms with Gasteiger partial charge in [0, 0.05) is 36.0 Å². The summed E-state index contributed by atoms with van der Waals surface area (Å²) in [4.78, 5) is 3.58. The van der Waals surface area contributed by atoms with Crippen LogP contribution in [0.1, 0.15) is 21.6 Å². The van der Waals surface area contributed by atoms with Crippen molar-refractivity contribution in [2.45, 2.75) is 18.2 Å². The maximum atomic E-state index is 13.6. The second-order valence-corrected chi connectivity index (χ2v) is 5.39. The Balaban J connectivity index is 2.25. The number of aromatic nitrogens is 1. The number of hydrogen-bond acceptors (Lipinski definition) is 1. The van der Waals surface area contributed by atoms with Gasteiger partial charge in [-0.2, -0.15) is 0 Å². The van der Waals surface area contributed by atoms with E-state index in [9.17, 15) is 13.2 Å². The van der Waals surface area contributed by atoms with Crippen LogP contribution in [0.5, 0.6) is 0 Å². The third-order valence-electron chi connectivity index (χ3n) is 2.72. The van der Waals surface area contributed by atoms with Crippen LogP contribution in [-0.2, 0) is 6.42 Å². The van der Waals surface area contributed by atoms with Gasteiger partial charge in [-0.3, -0.25) is 4.98 Å². The van der Waals surface area contributed by atoms with E-state index in [1.165, 1.54) is 0 Å². The summed E-state index contributed by atoms with van der Waals surface area (Å²) in [6.45, 7) is 1.90. The maximum Gasteiger partial charge on any atom is 0.133 e. The zero-order valence-corrected chi connectivity index (χ0v) is 11.7. The van der Waals surface area contributed by atoms with Gasteiger partial charge in [-0.15, -0.1) is 0 Å². The fourth-order valence-corrected chi connectivity index (χ4v) is 2.53. The van der Waals surface area contributed by atoms with Crippen molar-refractivity contribution < 1.29 is 13.2 Å². The molecule has 0 aliphatic heterocycles. The van der Waals surface area contributed by atoms with E-state index in [4.69, 9.17) is 0 Å². The lowest BCUT2D eigenvalue weighted by Gasteiger charge is -2.12. The van der Waals surface area contributed by atoms with Crippen molar-refractivity contribution in [3.05, 3.63) is 64.7 Å². The molecule has 0 fully saturated rings. The van der Waals surface area contributed by atoms with Crippen LogP contribution in [-0.4, -0.2) is 4.98 Å². The molecule has 0 spiro atoms. The first kappa shape index (κ1) is 14.1. The zero-order chi connectivity index (χ0) is 14.0. The minimum absolute atomic E-state index is 0.177. The topological polar surface area (TPSA) is 12.9 Å². The Kier molecular flexibility index (Phi) is 4.24. The SMILES string of the molecule is Cc1ccc(CC(Br)c2c(F)cc(F)cc2F)nc1. The van der Waals surface area contributed by atoms with Crippen LogP contribution in [0.4, 0.5) is 13.2 Å². The number of nitrogens with zero attached hydrogens (tertiary/aromatic N) is 1. The minimum Gasteiger partial charge on any atom is -0.261 e. The smallest absolute Gasteiger partial charge is 0.133 e. The predicted octanol–water partition coefficient (Wildman–Crippen LogP) is 4.49. The summed E-state index contributed by atoms with van der Waals surface area (Å²) in [7, 11) is 0. The van der Waals surface area contributed by atoms with E-state index in [1.54, 1.807) is 12.3 Å². The molecule has 100 valence electrons. The quantitative estimate of drug-likeness (QED) is 0.756. The third-order valence-corrected chi connectivity index (χ3v) is 3.50. The molecule has 19 heavy (non-hydrogen) atoms. The molecule has 0 aliphatic rings. The molecule has 0 amide bonds. The summed E-state index contributed by atoms with van der Waals surface area (Å²) in [6.07, 6.45) is 2.01. The fourth-order valence-electron chi connectivity index (χ4n) is 1.76. The number of benzene rings is 1. The molecule has 1 aromatic heterocycles. The van der Waals surface area contributed by atoms with E-state index in [0.29, 0.717) is 24.2 Å². The van der Waals surface area contributed by atoms with Crippen molar-refractivity contribution in [2.75, 3.05) is 0 Å². The Morgan fingerprint density at radius 1 is 1.16 bits per heavy atom. The Morgan fingerprint density at radius 2 is 1.79 bits per heavy atom. The lowest BCUT2D eigenvalue weighted by molar-refractivity contribution is 0.522. The van der Waals surface area contributed by atoms with Gasteiger partial charge < -0.3 is 0 Å². The van der Waals surface area contributed by atoms with Crippen LogP contribution < -0.4 is 0 Å². The lowest BCUT2D eigenvalue weighted by atomic mass is 10.1. The molecule has 1 atom stereocenters. The summed E-state index contributed by atoms with van der Waals surface area (Å²) in [5, 5.41) is 0. The van der Waals surface area contributed by atoms with Crippen molar-refractivity contribution in [1.29, 1.82) is 0 Å². The van der Waals surface area contributed by atoms with Crippen LogP contribution >= 0.6 is 15.9 Å². The number of alkyl halides is 1. The summed E-state index contributed by atoms with van der Waals surface area (Å²) in [5.41, 5.74) is 1.54. The molecule has 1 unspecified atom stereocenters. The highest BCUT2D eigenvalue weighted by Crippen LogP contribution is 2.31. The number of hydrogen-bond donors (Lipinski definition) is 0. The van der Waals surface area contributed by atoms with E-state index < -0.39 is 22.3 Å². The highest BCUT2D eigenvalue weighted by molar-refractivity contribution is 9.09. The van der Waals surface area contributed by atoms with Crippen LogP contribution in [0, 0.1) is 24.4 Å². The molecule has 2 aromatic rings. The van der Waals surface area contributed by atoms with Crippen molar-refractivity contribution >= 4 is 15.9 Å². The van der Waals surface area contributed by atoms with Gasteiger partial charge in [0.1, 0.15) is 17.5 Å². The Hall–Kier alpha value is -1.36. The first-order valence-electron chi connectivity index (χ1n) is 5.67. The fraction of sp³-hybridized carbons (Fsp3) is 0.214. The average molecular weight is 330 g/mol. The van der Waals surface area contributed by atoms with E-state index in [-0.39, 0.29) is 5.56 Å². The van der Waals surface area contributed by atoms with Gasteiger partial charge in [0.25, 0.3) is 0 Å². The second kappa shape index (κ2) is 5.74. The largest absolute Gasteiger partial charge is 0.261 e. The van der Waals surface area contributed by atoms with Crippen LogP contribution in [0.15, 0.2) is 30.5 Å². The predicted molar refractivity (Wildman–Crippen MR) is 70.7 cm³/mol. The molecule has 2 rings (SSSR count). The molecule has 0 radical (unpaired) electrons. The van der Waals surface area contributed by atoms with Crippen molar-refractivity contribution in [3.8, 4) is 0 Å². The van der Waals surface area contributed by atoms with Gasteiger partial charge >= 0.3 is 0 Å². The summed E-state index contributed by atoms with van der Waals surface area (Å²) in [5.74, 6) is -2.72. The van der Waals surface area contributed by atoms with E-state index >= 15 is 0 Å². The maximum absolute atomic E-state index is 13.6. The molecule has 0 N–H and O–H groups in total. The standard InChI is InChI=1S/C14H11BrF3N/c1-8-2-3-10(19-7-8)6-11(15)14-12(17)4-9(16)5-13(14)18/h2-5,7,11H,6H2,1H3.